The van der Waals surface area contributed by atoms with E-state index in [1.807, 2.05) is 13.8 Å². The second-order valence-electron chi connectivity index (χ2n) is 4.98. The van der Waals surface area contributed by atoms with Crippen LogP contribution in [0.5, 0.6) is 0 Å². The summed E-state index contributed by atoms with van der Waals surface area (Å²) in [6, 6.07) is 0. The number of hydrogen-bond acceptors (Lipinski definition) is 4. The van der Waals surface area contributed by atoms with Gasteiger partial charge in [0.25, 0.3) is 5.91 Å². The summed E-state index contributed by atoms with van der Waals surface area (Å²) in [4.78, 5) is 11.6. The van der Waals surface area contributed by atoms with Crippen LogP contribution in [0.2, 0.25) is 0 Å². The van der Waals surface area contributed by atoms with E-state index in [4.69, 9.17) is 9.47 Å². The lowest BCUT2D eigenvalue weighted by Gasteiger charge is -2.26. The summed E-state index contributed by atoms with van der Waals surface area (Å²) >= 11 is 0. The number of rotatable bonds is 5. The van der Waals surface area contributed by atoms with E-state index in [0.29, 0.717) is 25.6 Å². The van der Waals surface area contributed by atoms with Crippen LogP contribution in [0, 0.1) is 5.92 Å². The van der Waals surface area contributed by atoms with E-state index in [1.165, 1.54) is 6.26 Å². The van der Waals surface area contributed by atoms with Gasteiger partial charge < -0.3 is 19.9 Å². The molecule has 1 atom stereocenters. The van der Waals surface area contributed by atoms with Gasteiger partial charge in [-0.05, 0) is 19.3 Å². The van der Waals surface area contributed by atoms with Gasteiger partial charge in [0.1, 0.15) is 19.5 Å². The van der Waals surface area contributed by atoms with Crippen molar-refractivity contribution in [3.8, 4) is 0 Å². The van der Waals surface area contributed by atoms with Crippen molar-refractivity contribution in [3.05, 3.63) is 12.0 Å². The Morgan fingerprint density at radius 2 is 2.29 bits per heavy atom. The molecule has 5 nitrogen and oxygen atoms in total. The van der Waals surface area contributed by atoms with Crippen LogP contribution in [0.3, 0.4) is 0 Å². The van der Waals surface area contributed by atoms with Crippen LogP contribution in [-0.2, 0) is 14.3 Å². The zero-order chi connectivity index (χ0) is 12.9. The smallest absolute Gasteiger partial charge is 0.289 e. The molecule has 1 amide bonds. The number of aliphatic hydroxyl groups is 1. The van der Waals surface area contributed by atoms with E-state index in [1.54, 1.807) is 6.92 Å². The molecule has 17 heavy (non-hydrogen) atoms. The number of hydrogen-bond donors (Lipinski definition) is 2. The minimum Gasteiger partial charge on any atom is -0.494 e. The van der Waals surface area contributed by atoms with Gasteiger partial charge in [0.05, 0.1) is 5.60 Å². The second-order valence-corrected chi connectivity index (χ2v) is 4.98. The summed E-state index contributed by atoms with van der Waals surface area (Å²) in [6.45, 7) is 6.79. The molecule has 1 unspecified atom stereocenters. The Morgan fingerprint density at radius 3 is 2.82 bits per heavy atom. The van der Waals surface area contributed by atoms with Crippen LogP contribution >= 0.6 is 0 Å². The van der Waals surface area contributed by atoms with Gasteiger partial charge >= 0.3 is 0 Å². The Balaban J connectivity index is 2.39. The summed E-state index contributed by atoms with van der Waals surface area (Å²) in [5, 5.41) is 12.7. The van der Waals surface area contributed by atoms with Crippen molar-refractivity contribution in [2.24, 2.45) is 5.92 Å². The highest BCUT2D eigenvalue weighted by molar-refractivity contribution is 5.91. The van der Waals surface area contributed by atoms with Crippen molar-refractivity contribution in [2.45, 2.75) is 32.8 Å². The molecular weight excluding hydrogens is 222 g/mol. The van der Waals surface area contributed by atoms with Crippen molar-refractivity contribution in [1.29, 1.82) is 0 Å². The van der Waals surface area contributed by atoms with E-state index in [9.17, 15) is 9.90 Å². The quantitative estimate of drug-likeness (QED) is 0.749. The molecule has 98 valence electrons. The average Bonchev–Trinajstić information content (AvgIpc) is 2.25. The first-order chi connectivity index (χ1) is 7.91. The molecule has 2 N–H and O–H groups in total. The van der Waals surface area contributed by atoms with E-state index in [2.05, 4.69) is 5.32 Å². The fourth-order valence-corrected chi connectivity index (χ4v) is 1.80. The van der Waals surface area contributed by atoms with Crippen LogP contribution in [-0.4, -0.2) is 36.4 Å². The lowest BCUT2D eigenvalue weighted by atomic mass is 9.94. The molecule has 0 aliphatic carbocycles. The average molecular weight is 243 g/mol. The molecule has 1 aliphatic rings. The first-order valence-corrected chi connectivity index (χ1v) is 5.86. The summed E-state index contributed by atoms with van der Waals surface area (Å²) in [5.41, 5.74) is -0.903. The third kappa shape index (κ3) is 5.08. The predicted octanol–water partition coefficient (Wildman–Crippen LogP) is 0.788. The van der Waals surface area contributed by atoms with E-state index >= 15 is 0 Å². The minimum atomic E-state index is -0.903. The minimum absolute atomic E-state index is 0.164. The first-order valence-electron chi connectivity index (χ1n) is 5.86. The van der Waals surface area contributed by atoms with E-state index < -0.39 is 5.60 Å². The SMILES string of the molecule is CC(C)CC(C)(O)CNC(=O)C1=COCCO1. The highest BCUT2D eigenvalue weighted by Gasteiger charge is 2.24. The van der Waals surface area contributed by atoms with Crippen molar-refractivity contribution >= 4 is 5.91 Å². The molecule has 0 aromatic carbocycles. The predicted molar refractivity (Wildman–Crippen MR) is 63.1 cm³/mol. The Labute approximate surface area is 102 Å². The maximum Gasteiger partial charge on any atom is 0.289 e. The number of nitrogens with one attached hydrogen (secondary N) is 1. The molecule has 0 radical (unpaired) electrons. The molecule has 1 heterocycles. The van der Waals surface area contributed by atoms with Crippen LogP contribution in [0.15, 0.2) is 12.0 Å². The van der Waals surface area contributed by atoms with Gasteiger partial charge in [-0.3, -0.25) is 4.79 Å². The molecule has 5 heteroatoms. The van der Waals surface area contributed by atoms with Gasteiger partial charge in [0, 0.05) is 6.54 Å². The zero-order valence-corrected chi connectivity index (χ0v) is 10.7. The fourth-order valence-electron chi connectivity index (χ4n) is 1.80. The molecule has 1 aliphatic heterocycles. The number of amides is 1. The van der Waals surface area contributed by atoms with Crippen molar-refractivity contribution in [1.82, 2.24) is 5.32 Å². The molecule has 0 saturated heterocycles. The van der Waals surface area contributed by atoms with E-state index in [-0.39, 0.29) is 18.2 Å². The van der Waals surface area contributed by atoms with Gasteiger partial charge in [0.2, 0.25) is 5.76 Å². The zero-order valence-electron chi connectivity index (χ0n) is 10.7. The monoisotopic (exact) mass is 243 g/mol. The Kier molecular flexibility index (Phi) is 4.81. The van der Waals surface area contributed by atoms with Crippen LogP contribution in [0.1, 0.15) is 27.2 Å². The summed E-state index contributed by atoms with van der Waals surface area (Å²) in [7, 11) is 0. The molecular formula is C12H21NO4. The van der Waals surface area contributed by atoms with Crippen LogP contribution in [0.25, 0.3) is 0 Å². The van der Waals surface area contributed by atoms with Crippen molar-refractivity contribution < 1.29 is 19.4 Å². The fraction of sp³-hybridized carbons (Fsp3) is 0.750. The number of carbonyl (C=O) groups excluding carboxylic acids is 1. The third-order valence-electron chi connectivity index (χ3n) is 2.35. The Bertz CT molecular complexity index is 297. The maximum absolute atomic E-state index is 11.6. The summed E-state index contributed by atoms with van der Waals surface area (Å²) < 4.78 is 10.1. The normalized spacial score (nSPS) is 18.8. The molecule has 0 saturated carbocycles. The van der Waals surface area contributed by atoms with Gasteiger partial charge in [-0.1, -0.05) is 13.8 Å². The maximum atomic E-state index is 11.6. The molecule has 0 aromatic heterocycles. The van der Waals surface area contributed by atoms with Crippen LogP contribution in [0.4, 0.5) is 0 Å². The number of ether oxygens (including phenoxy) is 2. The molecule has 0 aromatic rings. The highest BCUT2D eigenvalue weighted by atomic mass is 16.6. The highest BCUT2D eigenvalue weighted by Crippen LogP contribution is 2.15. The molecule has 0 spiro atoms. The van der Waals surface area contributed by atoms with Crippen LogP contribution < -0.4 is 5.32 Å². The molecule has 0 bridgehead atoms. The molecule has 0 fully saturated rings. The Morgan fingerprint density at radius 1 is 1.59 bits per heavy atom. The number of carbonyl (C=O) groups is 1. The Hall–Kier alpha value is -1.23. The van der Waals surface area contributed by atoms with Crippen molar-refractivity contribution in [2.75, 3.05) is 19.8 Å². The standard InChI is InChI=1S/C12H21NO4/c1-9(2)6-12(3,15)8-13-11(14)10-7-16-4-5-17-10/h7,9,15H,4-6,8H2,1-3H3,(H,13,14). The van der Waals surface area contributed by atoms with Gasteiger partial charge in [-0.2, -0.15) is 0 Å². The van der Waals surface area contributed by atoms with Crippen molar-refractivity contribution in [3.63, 3.8) is 0 Å². The molecule has 1 rings (SSSR count). The van der Waals surface area contributed by atoms with E-state index in [0.717, 1.165) is 0 Å². The first kappa shape index (κ1) is 13.8. The lowest BCUT2D eigenvalue weighted by Crippen LogP contribution is -2.42. The van der Waals surface area contributed by atoms with Gasteiger partial charge in [-0.25, -0.2) is 0 Å². The second kappa shape index (κ2) is 5.91. The van der Waals surface area contributed by atoms with Gasteiger partial charge in [0.15, 0.2) is 0 Å². The van der Waals surface area contributed by atoms with Gasteiger partial charge in [-0.15, -0.1) is 0 Å². The lowest BCUT2D eigenvalue weighted by molar-refractivity contribution is -0.123. The topological polar surface area (TPSA) is 67.8 Å². The third-order valence-corrected chi connectivity index (χ3v) is 2.35. The summed E-state index contributed by atoms with van der Waals surface area (Å²) in [5.74, 6) is 0.181. The largest absolute Gasteiger partial charge is 0.494 e. The summed E-state index contributed by atoms with van der Waals surface area (Å²) in [6.07, 6.45) is 1.93.